The third-order valence-corrected chi connectivity index (χ3v) is 3.75. The lowest BCUT2D eigenvalue weighted by Crippen LogP contribution is -2.47. The van der Waals surface area contributed by atoms with E-state index in [1.54, 1.807) is 6.07 Å². The quantitative estimate of drug-likeness (QED) is 0.532. The molecule has 0 saturated carbocycles. The fraction of sp³-hybridized carbons (Fsp3) is 0.500. The SMILES string of the molecule is CCCC[C@@H](CC)CNC(=S)NNC(=O)c1ccccc1F. The Morgan fingerprint density at radius 3 is 2.64 bits per heavy atom. The Morgan fingerprint density at radius 1 is 1.27 bits per heavy atom. The van der Waals surface area contributed by atoms with E-state index in [1.807, 2.05) is 0 Å². The van der Waals surface area contributed by atoms with Crippen LogP contribution >= 0.6 is 12.2 Å². The van der Waals surface area contributed by atoms with Crippen molar-refractivity contribution in [2.45, 2.75) is 39.5 Å². The van der Waals surface area contributed by atoms with Crippen molar-refractivity contribution in [2.75, 3.05) is 6.54 Å². The lowest BCUT2D eigenvalue weighted by atomic mass is 9.99. The molecule has 0 heterocycles. The molecule has 1 amide bonds. The zero-order valence-corrected chi connectivity index (χ0v) is 13.9. The monoisotopic (exact) mass is 325 g/mol. The molecular weight excluding hydrogens is 301 g/mol. The van der Waals surface area contributed by atoms with Gasteiger partial charge in [0.05, 0.1) is 5.56 Å². The summed E-state index contributed by atoms with van der Waals surface area (Å²) < 4.78 is 13.4. The zero-order chi connectivity index (χ0) is 16.4. The van der Waals surface area contributed by atoms with Crippen LogP contribution in [0.2, 0.25) is 0 Å². The van der Waals surface area contributed by atoms with Crippen LogP contribution in [0.25, 0.3) is 0 Å². The fourth-order valence-corrected chi connectivity index (χ4v) is 2.19. The number of carbonyl (C=O) groups excluding carboxylic acids is 1. The van der Waals surface area contributed by atoms with Crippen LogP contribution in [0.4, 0.5) is 4.39 Å². The van der Waals surface area contributed by atoms with Gasteiger partial charge in [0, 0.05) is 6.54 Å². The van der Waals surface area contributed by atoms with Gasteiger partial charge in [0.25, 0.3) is 5.91 Å². The van der Waals surface area contributed by atoms with E-state index >= 15 is 0 Å². The molecule has 22 heavy (non-hydrogen) atoms. The molecule has 0 aliphatic rings. The third-order valence-electron chi connectivity index (χ3n) is 3.50. The number of amides is 1. The van der Waals surface area contributed by atoms with Gasteiger partial charge >= 0.3 is 0 Å². The summed E-state index contributed by atoms with van der Waals surface area (Å²) in [5.41, 5.74) is 4.97. The molecule has 0 unspecified atom stereocenters. The maximum absolute atomic E-state index is 13.4. The van der Waals surface area contributed by atoms with Gasteiger partial charge in [0.1, 0.15) is 5.82 Å². The lowest BCUT2D eigenvalue weighted by molar-refractivity contribution is 0.0939. The average molecular weight is 325 g/mol. The van der Waals surface area contributed by atoms with Crippen LogP contribution < -0.4 is 16.2 Å². The summed E-state index contributed by atoms with van der Waals surface area (Å²) in [6.45, 7) is 5.08. The highest BCUT2D eigenvalue weighted by Gasteiger charge is 2.11. The lowest BCUT2D eigenvalue weighted by Gasteiger charge is -2.17. The van der Waals surface area contributed by atoms with E-state index in [-0.39, 0.29) is 5.56 Å². The second-order valence-electron chi connectivity index (χ2n) is 5.19. The van der Waals surface area contributed by atoms with Gasteiger partial charge < -0.3 is 5.32 Å². The van der Waals surface area contributed by atoms with Gasteiger partial charge in [-0.2, -0.15) is 0 Å². The smallest absolute Gasteiger partial charge is 0.272 e. The van der Waals surface area contributed by atoms with Crippen LogP contribution in [-0.4, -0.2) is 17.6 Å². The van der Waals surface area contributed by atoms with Gasteiger partial charge in [-0.05, 0) is 36.7 Å². The van der Waals surface area contributed by atoms with E-state index in [2.05, 4.69) is 30.0 Å². The maximum Gasteiger partial charge on any atom is 0.272 e. The number of carbonyl (C=O) groups is 1. The Hall–Kier alpha value is -1.69. The molecule has 0 radical (unpaired) electrons. The van der Waals surface area contributed by atoms with Crippen LogP contribution in [0.15, 0.2) is 24.3 Å². The van der Waals surface area contributed by atoms with E-state index in [4.69, 9.17) is 12.2 Å². The van der Waals surface area contributed by atoms with Crippen molar-refractivity contribution in [1.29, 1.82) is 0 Å². The first kappa shape index (κ1) is 18.4. The fourth-order valence-electron chi connectivity index (χ4n) is 2.05. The molecule has 4 nitrogen and oxygen atoms in total. The summed E-state index contributed by atoms with van der Waals surface area (Å²) in [4.78, 5) is 11.8. The molecule has 0 aromatic heterocycles. The molecule has 1 aromatic carbocycles. The Labute approximate surface area is 136 Å². The Morgan fingerprint density at radius 2 is 2.00 bits per heavy atom. The van der Waals surface area contributed by atoms with Gasteiger partial charge in [-0.1, -0.05) is 45.2 Å². The molecule has 0 spiro atoms. The van der Waals surface area contributed by atoms with Crippen molar-refractivity contribution < 1.29 is 9.18 Å². The number of hydrogen-bond acceptors (Lipinski definition) is 2. The minimum Gasteiger partial charge on any atom is -0.361 e. The molecule has 0 fully saturated rings. The molecular formula is C16H24FN3OS. The second-order valence-corrected chi connectivity index (χ2v) is 5.59. The van der Waals surface area contributed by atoms with Crippen LogP contribution in [0.3, 0.4) is 0 Å². The summed E-state index contributed by atoms with van der Waals surface area (Å²) in [5, 5.41) is 3.41. The second kappa shape index (κ2) is 10.1. The first-order valence-corrected chi connectivity index (χ1v) is 8.08. The molecule has 0 aliphatic heterocycles. The molecule has 6 heteroatoms. The number of halogens is 1. The first-order chi connectivity index (χ1) is 10.6. The third kappa shape index (κ3) is 6.39. The van der Waals surface area contributed by atoms with E-state index in [9.17, 15) is 9.18 Å². The van der Waals surface area contributed by atoms with Crippen molar-refractivity contribution in [3.8, 4) is 0 Å². The number of benzene rings is 1. The zero-order valence-electron chi connectivity index (χ0n) is 13.1. The highest BCUT2D eigenvalue weighted by Crippen LogP contribution is 2.11. The standard InChI is InChI=1S/C16H24FN3OS/c1-3-5-8-12(4-2)11-18-16(22)20-19-15(21)13-9-6-7-10-14(13)17/h6-7,9-10,12H,3-5,8,11H2,1-2H3,(H,19,21)(H2,18,20,22)/t12-/m1/s1. The summed E-state index contributed by atoms with van der Waals surface area (Å²) in [6.07, 6.45) is 4.61. The van der Waals surface area contributed by atoms with Crippen LogP contribution in [0.1, 0.15) is 49.9 Å². The molecule has 122 valence electrons. The minimum absolute atomic E-state index is 0.0211. The van der Waals surface area contributed by atoms with Crippen LogP contribution in [-0.2, 0) is 0 Å². The van der Waals surface area contributed by atoms with E-state index in [0.717, 1.165) is 19.4 Å². The summed E-state index contributed by atoms with van der Waals surface area (Å²) >= 11 is 5.10. The van der Waals surface area contributed by atoms with Crippen molar-refractivity contribution in [3.05, 3.63) is 35.6 Å². The molecule has 0 bridgehead atoms. The average Bonchev–Trinajstić information content (AvgIpc) is 2.53. The summed E-state index contributed by atoms with van der Waals surface area (Å²) in [6, 6.07) is 5.80. The molecule has 0 saturated heterocycles. The Bertz CT molecular complexity index is 496. The van der Waals surface area contributed by atoms with Gasteiger partial charge in [0.15, 0.2) is 5.11 Å². The topological polar surface area (TPSA) is 53.2 Å². The molecule has 1 aromatic rings. The number of hydrogen-bond donors (Lipinski definition) is 3. The van der Waals surface area contributed by atoms with Crippen molar-refractivity contribution in [2.24, 2.45) is 5.92 Å². The normalized spacial score (nSPS) is 11.6. The number of unbranched alkanes of at least 4 members (excludes halogenated alkanes) is 1. The summed E-state index contributed by atoms with van der Waals surface area (Å²) in [7, 11) is 0. The van der Waals surface area contributed by atoms with Crippen molar-refractivity contribution in [1.82, 2.24) is 16.2 Å². The molecule has 1 rings (SSSR count). The van der Waals surface area contributed by atoms with Gasteiger partial charge in [0.2, 0.25) is 0 Å². The van der Waals surface area contributed by atoms with E-state index < -0.39 is 11.7 Å². The van der Waals surface area contributed by atoms with Crippen LogP contribution in [0.5, 0.6) is 0 Å². The Balaban J connectivity index is 2.34. The number of rotatable bonds is 7. The number of nitrogens with one attached hydrogen (secondary N) is 3. The highest BCUT2D eigenvalue weighted by molar-refractivity contribution is 7.80. The van der Waals surface area contributed by atoms with Crippen molar-refractivity contribution >= 4 is 23.2 Å². The van der Waals surface area contributed by atoms with E-state index in [0.29, 0.717) is 11.0 Å². The minimum atomic E-state index is -0.564. The van der Waals surface area contributed by atoms with Gasteiger partial charge in [-0.15, -0.1) is 0 Å². The van der Waals surface area contributed by atoms with Gasteiger partial charge in [-0.3, -0.25) is 15.6 Å². The van der Waals surface area contributed by atoms with Gasteiger partial charge in [-0.25, -0.2) is 4.39 Å². The molecule has 1 atom stereocenters. The highest BCUT2D eigenvalue weighted by atomic mass is 32.1. The number of hydrazine groups is 1. The Kier molecular flexibility index (Phi) is 8.43. The van der Waals surface area contributed by atoms with E-state index in [1.165, 1.54) is 31.0 Å². The summed E-state index contributed by atoms with van der Waals surface area (Å²) in [5.74, 6) is -0.562. The molecule has 0 aliphatic carbocycles. The van der Waals surface area contributed by atoms with Crippen LogP contribution in [0, 0.1) is 11.7 Å². The maximum atomic E-state index is 13.4. The predicted molar refractivity (Wildman–Crippen MR) is 90.9 cm³/mol. The first-order valence-electron chi connectivity index (χ1n) is 7.67. The largest absolute Gasteiger partial charge is 0.361 e. The predicted octanol–water partition coefficient (Wildman–Crippen LogP) is 3.15. The van der Waals surface area contributed by atoms with Crippen molar-refractivity contribution in [3.63, 3.8) is 0 Å². The number of thiocarbonyl (C=S) groups is 1. The molecule has 3 N–H and O–H groups in total.